The number of anilines is 1. The molecule has 0 saturated heterocycles. The first kappa shape index (κ1) is 22.3. The third kappa shape index (κ3) is 4.81. The van der Waals surface area contributed by atoms with Crippen LogP contribution in [-0.4, -0.2) is 21.2 Å². The van der Waals surface area contributed by atoms with E-state index in [4.69, 9.17) is 10.2 Å². The molecule has 0 aliphatic carbocycles. The summed E-state index contributed by atoms with van der Waals surface area (Å²) in [5.74, 6) is -0.112. The van der Waals surface area contributed by atoms with Crippen LogP contribution in [0.15, 0.2) is 76.7 Å². The van der Waals surface area contributed by atoms with Crippen LogP contribution in [0.5, 0.6) is 0 Å². The number of aryl methyl sites for hydroxylation is 2. The van der Waals surface area contributed by atoms with Gasteiger partial charge >= 0.3 is 0 Å². The lowest BCUT2D eigenvalue weighted by molar-refractivity contribution is -0.113. The SMILES string of the molecule is Cc1cccc(C)c1-n1c(SCC(=O)Nc2ccc(CC#N)cc2)nc2ccccc2c1=O. The molecular weight excluding hydrogens is 432 g/mol. The van der Waals surface area contributed by atoms with Crippen molar-refractivity contribution in [2.24, 2.45) is 0 Å². The third-order valence-corrected chi connectivity index (χ3v) is 6.20. The van der Waals surface area contributed by atoms with Gasteiger partial charge in [0.15, 0.2) is 5.16 Å². The highest BCUT2D eigenvalue weighted by atomic mass is 32.2. The van der Waals surface area contributed by atoms with E-state index in [0.717, 1.165) is 22.4 Å². The van der Waals surface area contributed by atoms with Crippen LogP contribution in [0.2, 0.25) is 0 Å². The lowest BCUT2D eigenvalue weighted by Crippen LogP contribution is -2.24. The summed E-state index contributed by atoms with van der Waals surface area (Å²) in [6, 6.07) is 22.4. The van der Waals surface area contributed by atoms with Crippen molar-refractivity contribution in [1.82, 2.24) is 9.55 Å². The fourth-order valence-corrected chi connectivity index (χ4v) is 4.49. The van der Waals surface area contributed by atoms with Crippen LogP contribution in [0.3, 0.4) is 0 Å². The van der Waals surface area contributed by atoms with Crippen LogP contribution < -0.4 is 10.9 Å². The molecule has 0 unspecified atom stereocenters. The number of carbonyl (C=O) groups is 1. The Hall–Kier alpha value is -3.89. The van der Waals surface area contributed by atoms with Gasteiger partial charge in [-0.05, 0) is 54.8 Å². The summed E-state index contributed by atoms with van der Waals surface area (Å²) in [7, 11) is 0. The van der Waals surface area contributed by atoms with Crippen LogP contribution >= 0.6 is 11.8 Å². The van der Waals surface area contributed by atoms with E-state index in [1.54, 1.807) is 28.8 Å². The van der Waals surface area contributed by atoms with E-state index in [2.05, 4.69) is 11.4 Å². The number of rotatable bonds is 6. The van der Waals surface area contributed by atoms with Crippen LogP contribution in [0.1, 0.15) is 16.7 Å². The average Bonchev–Trinajstić information content (AvgIpc) is 2.80. The zero-order valence-electron chi connectivity index (χ0n) is 18.3. The predicted octanol–water partition coefficient (Wildman–Crippen LogP) is 4.80. The lowest BCUT2D eigenvalue weighted by atomic mass is 10.1. The molecule has 0 fully saturated rings. The molecule has 0 saturated carbocycles. The van der Waals surface area contributed by atoms with Gasteiger partial charge in [0.2, 0.25) is 5.91 Å². The van der Waals surface area contributed by atoms with Crippen molar-refractivity contribution in [2.45, 2.75) is 25.4 Å². The molecule has 4 rings (SSSR count). The fraction of sp³-hybridized carbons (Fsp3) is 0.154. The normalized spacial score (nSPS) is 10.7. The molecule has 0 spiro atoms. The first-order chi connectivity index (χ1) is 16.0. The highest BCUT2D eigenvalue weighted by Gasteiger charge is 2.17. The molecule has 6 nitrogen and oxygen atoms in total. The summed E-state index contributed by atoms with van der Waals surface area (Å²) in [5, 5.41) is 12.6. The minimum atomic E-state index is -0.205. The maximum absolute atomic E-state index is 13.5. The molecule has 7 heteroatoms. The third-order valence-electron chi connectivity index (χ3n) is 5.26. The summed E-state index contributed by atoms with van der Waals surface area (Å²) in [4.78, 5) is 30.8. The van der Waals surface area contributed by atoms with Gasteiger partial charge in [-0.2, -0.15) is 5.26 Å². The maximum atomic E-state index is 13.5. The lowest BCUT2D eigenvalue weighted by Gasteiger charge is -2.17. The quantitative estimate of drug-likeness (QED) is 0.334. The molecule has 1 amide bonds. The number of nitrogens with zero attached hydrogens (tertiary/aromatic N) is 3. The average molecular weight is 455 g/mol. The monoisotopic (exact) mass is 454 g/mol. The standard InChI is InChI=1S/C26H22N4O2S/c1-17-6-5-7-18(2)24(17)30-25(32)21-8-3-4-9-22(21)29-26(30)33-16-23(31)28-20-12-10-19(11-13-20)14-15-27/h3-13H,14,16H2,1-2H3,(H,28,31). The van der Waals surface area contributed by atoms with E-state index in [0.29, 0.717) is 28.2 Å². The maximum Gasteiger partial charge on any atom is 0.266 e. The van der Waals surface area contributed by atoms with E-state index in [1.165, 1.54) is 11.8 Å². The molecule has 0 radical (unpaired) electrons. The van der Waals surface area contributed by atoms with Gasteiger partial charge < -0.3 is 5.32 Å². The van der Waals surface area contributed by atoms with Crippen molar-refractivity contribution < 1.29 is 4.79 Å². The molecule has 0 atom stereocenters. The number of nitriles is 1. The molecule has 0 aliphatic heterocycles. The highest BCUT2D eigenvalue weighted by Crippen LogP contribution is 2.25. The van der Waals surface area contributed by atoms with Gasteiger partial charge in [-0.15, -0.1) is 0 Å². The Kier molecular flexibility index (Phi) is 6.57. The second-order valence-corrected chi connectivity index (χ2v) is 8.60. The van der Waals surface area contributed by atoms with Crippen molar-refractivity contribution >= 4 is 34.3 Å². The summed E-state index contributed by atoms with van der Waals surface area (Å²) in [6.45, 7) is 3.92. The number of amides is 1. The van der Waals surface area contributed by atoms with Crippen molar-refractivity contribution in [3.63, 3.8) is 0 Å². The Morgan fingerprint density at radius 2 is 1.73 bits per heavy atom. The number of benzene rings is 3. The van der Waals surface area contributed by atoms with Crippen molar-refractivity contribution in [3.05, 3.63) is 93.8 Å². The van der Waals surface area contributed by atoms with Crippen LogP contribution in [-0.2, 0) is 11.2 Å². The Bertz CT molecular complexity index is 1420. The number of hydrogen-bond donors (Lipinski definition) is 1. The van der Waals surface area contributed by atoms with Crippen LogP contribution in [0.25, 0.3) is 16.6 Å². The number of para-hydroxylation sites is 2. The van der Waals surface area contributed by atoms with E-state index in [1.807, 2.05) is 56.3 Å². The zero-order chi connectivity index (χ0) is 23.4. The van der Waals surface area contributed by atoms with Crippen molar-refractivity contribution in [1.29, 1.82) is 5.26 Å². The van der Waals surface area contributed by atoms with Gasteiger partial charge in [0.1, 0.15) is 0 Å². The topological polar surface area (TPSA) is 87.8 Å². The fourth-order valence-electron chi connectivity index (χ4n) is 3.69. The summed E-state index contributed by atoms with van der Waals surface area (Å²) in [5.41, 5.74) is 4.69. The number of hydrogen-bond acceptors (Lipinski definition) is 5. The molecule has 0 aliphatic rings. The molecule has 4 aromatic rings. The second-order valence-electron chi connectivity index (χ2n) is 7.66. The minimum Gasteiger partial charge on any atom is -0.325 e. The van der Waals surface area contributed by atoms with Gasteiger partial charge in [0, 0.05) is 5.69 Å². The molecule has 3 aromatic carbocycles. The number of thioether (sulfide) groups is 1. The molecule has 1 N–H and O–H groups in total. The first-order valence-corrected chi connectivity index (χ1v) is 11.4. The Morgan fingerprint density at radius 1 is 1.03 bits per heavy atom. The van der Waals surface area contributed by atoms with Gasteiger partial charge in [0.25, 0.3) is 5.56 Å². The largest absolute Gasteiger partial charge is 0.325 e. The van der Waals surface area contributed by atoms with Gasteiger partial charge in [-0.1, -0.05) is 54.2 Å². The number of aromatic nitrogens is 2. The van der Waals surface area contributed by atoms with Crippen molar-refractivity contribution in [3.8, 4) is 11.8 Å². The Balaban J connectivity index is 1.65. The highest BCUT2D eigenvalue weighted by molar-refractivity contribution is 7.99. The second kappa shape index (κ2) is 9.72. The zero-order valence-corrected chi connectivity index (χ0v) is 19.1. The number of nitrogens with one attached hydrogen (secondary N) is 1. The van der Waals surface area contributed by atoms with E-state index >= 15 is 0 Å². The molecule has 0 bridgehead atoms. The number of carbonyl (C=O) groups excluding carboxylic acids is 1. The summed E-state index contributed by atoms with van der Waals surface area (Å²) < 4.78 is 1.61. The van der Waals surface area contributed by atoms with Gasteiger partial charge in [-0.3, -0.25) is 14.2 Å². The summed E-state index contributed by atoms with van der Waals surface area (Å²) in [6.07, 6.45) is 0.327. The summed E-state index contributed by atoms with van der Waals surface area (Å²) >= 11 is 1.22. The smallest absolute Gasteiger partial charge is 0.266 e. The Morgan fingerprint density at radius 3 is 2.42 bits per heavy atom. The van der Waals surface area contributed by atoms with Crippen LogP contribution in [0.4, 0.5) is 5.69 Å². The van der Waals surface area contributed by atoms with E-state index in [-0.39, 0.29) is 17.2 Å². The van der Waals surface area contributed by atoms with E-state index in [9.17, 15) is 9.59 Å². The molecule has 164 valence electrons. The predicted molar refractivity (Wildman–Crippen MR) is 132 cm³/mol. The van der Waals surface area contributed by atoms with Crippen molar-refractivity contribution in [2.75, 3.05) is 11.1 Å². The van der Waals surface area contributed by atoms with E-state index < -0.39 is 0 Å². The Labute approximate surface area is 195 Å². The molecular formula is C26H22N4O2S. The minimum absolute atomic E-state index is 0.0929. The van der Waals surface area contributed by atoms with Crippen LogP contribution in [0, 0.1) is 25.2 Å². The van der Waals surface area contributed by atoms with Gasteiger partial charge in [0.05, 0.1) is 34.8 Å². The molecule has 1 heterocycles. The molecule has 1 aromatic heterocycles. The molecule has 33 heavy (non-hydrogen) atoms. The number of fused-ring (bicyclic) bond motifs is 1. The first-order valence-electron chi connectivity index (χ1n) is 10.4. The van der Waals surface area contributed by atoms with Gasteiger partial charge in [-0.25, -0.2) is 4.98 Å².